The first-order chi connectivity index (χ1) is 11.5. The molecule has 0 unspecified atom stereocenters. The number of carbonyl (C=O) groups excluding carboxylic acids is 1. The van der Waals surface area contributed by atoms with E-state index in [1.807, 2.05) is 30.3 Å². The van der Waals surface area contributed by atoms with E-state index in [1.165, 1.54) is 16.9 Å². The Hall–Kier alpha value is -1.80. The maximum atomic E-state index is 12.3. The largest absolute Gasteiger partial charge is 0.296 e. The molecule has 1 aromatic heterocycles. The maximum Gasteiger partial charge on any atom is 0.258 e. The zero-order chi connectivity index (χ0) is 17.1. The number of anilines is 1. The summed E-state index contributed by atoms with van der Waals surface area (Å²) in [6, 6.07) is 15.7. The van der Waals surface area contributed by atoms with Crippen LogP contribution in [0.5, 0.6) is 0 Å². The molecular formula is C18H16IN3OS. The van der Waals surface area contributed by atoms with Crippen molar-refractivity contribution in [2.45, 2.75) is 19.8 Å². The van der Waals surface area contributed by atoms with E-state index >= 15 is 0 Å². The topological polar surface area (TPSA) is 54.9 Å². The van der Waals surface area contributed by atoms with Crippen LogP contribution < -0.4 is 5.32 Å². The Morgan fingerprint density at radius 2 is 1.79 bits per heavy atom. The summed E-state index contributed by atoms with van der Waals surface area (Å²) in [6.45, 7) is 4.33. The van der Waals surface area contributed by atoms with Crippen molar-refractivity contribution in [2.24, 2.45) is 0 Å². The van der Waals surface area contributed by atoms with Crippen molar-refractivity contribution in [1.82, 2.24) is 10.2 Å². The normalized spacial score (nSPS) is 10.8. The van der Waals surface area contributed by atoms with Gasteiger partial charge >= 0.3 is 0 Å². The van der Waals surface area contributed by atoms with Gasteiger partial charge in [0.25, 0.3) is 5.91 Å². The average molecular weight is 449 g/mol. The highest BCUT2D eigenvalue weighted by Crippen LogP contribution is 2.28. The number of nitrogens with one attached hydrogen (secondary N) is 1. The van der Waals surface area contributed by atoms with Crippen molar-refractivity contribution in [3.8, 4) is 10.6 Å². The van der Waals surface area contributed by atoms with Crippen molar-refractivity contribution < 1.29 is 4.79 Å². The first-order valence-electron chi connectivity index (χ1n) is 7.54. The van der Waals surface area contributed by atoms with Gasteiger partial charge in [0.15, 0.2) is 0 Å². The molecule has 1 heterocycles. The highest BCUT2D eigenvalue weighted by atomic mass is 127. The quantitative estimate of drug-likeness (QED) is 0.559. The lowest BCUT2D eigenvalue weighted by Crippen LogP contribution is -2.13. The van der Waals surface area contributed by atoms with Gasteiger partial charge in [-0.1, -0.05) is 61.6 Å². The molecule has 1 N–H and O–H groups in total. The Morgan fingerprint density at radius 3 is 2.46 bits per heavy atom. The molecule has 0 fully saturated rings. The van der Waals surface area contributed by atoms with Gasteiger partial charge in [-0.2, -0.15) is 0 Å². The number of hydrogen-bond donors (Lipinski definition) is 1. The van der Waals surface area contributed by atoms with Crippen LogP contribution in [0.4, 0.5) is 5.13 Å². The molecule has 0 atom stereocenters. The van der Waals surface area contributed by atoms with E-state index in [-0.39, 0.29) is 5.91 Å². The molecule has 4 nitrogen and oxygen atoms in total. The lowest BCUT2D eigenvalue weighted by molar-refractivity contribution is 0.102. The predicted octanol–water partition coefficient (Wildman–Crippen LogP) is 5.19. The Labute approximate surface area is 158 Å². The molecule has 0 aliphatic carbocycles. The van der Waals surface area contributed by atoms with Crippen LogP contribution in [0.15, 0.2) is 48.5 Å². The zero-order valence-corrected chi connectivity index (χ0v) is 16.3. The minimum Gasteiger partial charge on any atom is -0.296 e. The van der Waals surface area contributed by atoms with E-state index in [9.17, 15) is 4.79 Å². The summed E-state index contributed by atoms with van der Waals surface area (Å²) in [7, 11) is 0. The Morgan fingerprint density at radius 1 is 1.08 bits per heavy atom. The fraction of sp³-hybridized carbons (Fsp3) is 0.167. The summed E-state index contributed by atoms with van der Waals surface area (Å²) < 4.78 is 0.904. The van der Waals surface area contributed by atoms with Gasteiger partial charge in [-0.15, -0.1) is 10.2 Å². The molecule has 1 amide bonds. The van der Waals surface area contributed by atoms with Crippen LogP contribution in [0.1, 0.15) is 35.7 Å². The fourth-order valence-corrected chi connectivity index (χ4v) is 3.59. The van der Waals surface area contributed by atoms with E-state index in [0.29, 0.717) is 16.6 Å². The van der Waals surface area contributed by atoms with Gasteiger partial charge in [0.1, 0.15) is 5.01 Å². The Bertz CT molecular complexity index is 859. The smallest absolute Gasteiger partial charge is 0.258 e. The van der Waals surface area contributed by atoms with E-state index in [2.05, 4.69) is 64.1 Å². The van der Waals surface area contributed by atoms with E-state index < -0.39 is 0 Å². The highest BCUT2D eigenvalue weighted by Gasteiger charge is 2.13. The number of carbonyl (C=O) groups is 1. The molecule has 0 radical (unpaired) electrons. The van der Waals surface area contributed by atoms with E-state index in [1.54, 1.807) is 6.07 Å². The van der Waals surface area contributed by atoms with Crippen LogP contribution in [-0.2, 0) is 0 Å². The molecule has 6 heteroatoms. The fourth-order valence-electron chi connectivity index (χ4n) is 2.21. The second-order valence-electron chi connectivity index (χ2n) is 5.62. The summed E-state index contributed by atoms with van der Waals surface area (Å²) in [4.78, 5) is 12.3. The van der Waals surface area contributed by atoms with Gasteiger partial charge in [-0.3, -0.25) is 10.1 Å². The third-order valence-electron chi connectivity index (χ3n) is 3.59. The summed E-state index contributed by atoms with van der Waals surface area (Å²) in [5, 5.41) is 12.4. The number of nitrogens with zero attached hydrogens (tertiary/aromatic N) is 2. The number of amides is 1. The number of benzene rings is 2. The Balaban J connectivity index is 1.76. The lowest BCUT2D eigenvalue weighted by Gasteiger charge is -2.05. The van der Waals surface area contributed by atoms with Crippen molar-refractivity contribution >= 4 is 45.0 Å². The van der Waals surface area contributed by atoms with Crippen molar-refractivity contribution in [1.29, 1.82) is 0 Å². The number of hydrogen-bond acceptors (Lipinski definition) is 4. The predicted molar refractivity (Wildman–Crippen MR) is 107 cm³/mol. The lowest BCUT2D eigenvalue weighted by atomic mass is 10.0. The van der Waals surface area contributed by atoms with Gasteiger partial charge in [0, 0.05) is 9.13 Å². The van der Waals surface area contributed by atoms with Crippen molar-refractivity contribution in [3.05, 3.63) is 63.2 Å². The molecule has 2 aromatic carbocycles. The van der Waals surface area contributed by atoms with Crippen LogP contribution in [0.25, 0.3) is 10.6 Å². The molecule has 0 saturated heterocycles. The van der Waals surface area contributed by atoms with Gasteiger partial charge in [0.2, 0.25) is 5.13 Å². The molecule has 3 rings (SSSR count). The molecule has 0 bridgehead atoms. The second-order valence-corrected chi connectivity index (χ2v) is 7.76. The first-order valence-corrected chi connectivity index (χ1v) is 9.44. The summed E-state index contributed by atoms with van der Waals surface area (Å²) in [5.41, 5.74) is 2.93. The Kier molecular flexibility index (Phi) is 5.25. The van der Waals surface area contributed by atoms with Crippen molar-refractivity contribution in [2.75, 3.05) is 5.32 Å². The summed E-state index contributed by atoms with van der Waals surface area (Å²) in [6.07, 6.45) is 0. The summed E-state index contributed by atoms with van der Waals surface area (Å²) >= 11 is 3.52. The van der Waals surface area contributed by atoms with Gasteiger partial charge in [-0.25, -0.2) is 0 Å². The molecule has 0 spiro atoms. The van der Waals surface area contributed by atoms with E-state index in [0.717, 1.165) is 14.1 Å². The third kappa shape index (κ3) is 3.81. The molecule has 0 saturated carbocycles. The minimum absolute atomic E-state index is 0.169. The van der Waals surface area contributed by atoms with Crippen LogP contribution in [0.2, 0.25) is 0 Å². The van der Waals surface area contributed by atoms with Gasteiger partial charge in [0.05, 0.1) is 5.56 Å². The monoisotopic (exact) mass is 449 g/mol. The second kappa shape index (κ2) is 7.40. The van der Waals surface area contributed by atoms with Crippen LogP contribution in [-0.4, -0.2) is 16.1 Å². The number of aromatic nitrogens is 2. The molecule has 3 aromatic rings. The highest BCUT2D eigenvalue weighted by molar-refractivity contribution is 14.1. The maximum absolute atomic E-state index is 12.3. The first kappa shape index (κ1) is 17.0. The number of halogens is 1. The third-order valence-corrected chi connectivity index (χ3v) is 5.42. The summed E-state index contributed by atoms with van der Waals surface area (Å²) in [5.74, 6) is 0.328. The van der Waals surface area contributed by atoms with Crippen LogP contribution >= 0.6 is 33.9 Å². The molecular weight excluding hydrogens is 433 g/mol. The molecule has 24 heavy (non-hydrogen) atoms. The van der Waals surface area contributed by atoms with Gasteiger partial charge in [-0.05, 0) is 46.2 Å². The standard InChI is InChI=1S/C18H16IN3OS/c1-11(2)12-7-9-13(10-8-12)17-21-22-18(24-17)20-16(23)14-5-3-4-6-15(14)19/h3-11H,1-2H3,(H,20,22,23). The SMILES string of the molecule is CC(C)c1ccc(-c2nnc(NC(=O)c3ccccc3I)s2)cc1. The average Bonchev–Trinajstić information content (AvgIpc) is 3.03. The van der Waals surface area contributed by atoms with Crippen LogP contribution in [0, 0.1) is 3.57 Å². The van der Waals surface area contributed by atoms with Crippen LogP contribution in [0.3, 0.4) is 0 Å². The molecule has 0 aliphatic heterocycles. The van der Waals surface area contributed by atoms with E-state index in [4.69, 9.17) is 0 Å². The zero-order valence-electron chi connectivity index (χ0n) is 13.3. The molecule has 0 aliphatic rings. The minimum atomic E-state index is -0.169. The number of rotatable bonds is 4. The van der Waals surface area contributed by atoms with Gasteiger partial charge < -0.3 is 0 Å². The molecule has 122 valence electrons. The van der Waals surface area contributed by atoms with Crippen molar-refractivity contribution in [3.63, 3.8) is 0 Å².